The van der Waals surface area contributed by atoms with Gasteiger partial charge in [-0.1, -0.05) is 18.2 Å². The summed E-state index contributed by atoms with van der Waals surface area (Å²) >= 11 is 0. The zero-order chi connectivity index (χ0) is 14.3. The van der Waals surface area contributed by atoms with E-state index in [2.05, 4.69) is 6.07 Å². The summed E-state index contributed by atoms with van der Waals surface area (Å²) in [6, 6.07) is 8.07. The van der Waals surface area contributed by atoms with E-state index in [1.54, 1.807) is 0 Å². The molecule has 0 saturated carbocycles. The number of para-hydroxylation sites is 1. The molecule has 0 amide bonds. The van der Waals surface area contributed by atoms with Crippen LogP contribution in [-0.4, -0.2) is 42.7 Å². The highest BCUT2D eigenvalue weighted by molar-refractivity contribution is 5.37. The molecule has 4 rings (SSSR count). The predicted molar refractivity (Wildman–Crippen MR) is 77.4 cm³/mol. The summed E-state index contributed by atoms with van der Waals surface area (Å²) in [7, 11) is 0. The lowest BCUT2D eigenvalue weighted by Gasteiger charge is -2.40. The van der Waals surface area contributed by atoms with E-state index in [1.165, 1.54) is 5.56 Å². The Morgan fingerprint density at radius 2 is 2.14 bits per heavy atom. The Labute approximate surface area is 125 Å². The fraction of sp³-hybridized carbons (Fsp3) is 0.647. The molecular formula is C17H22O4. The molecule has 1 aromatic carbocycles. The SMILES string of the molecule is OC(C1CCOC2(CCOC2)C1)C1Cc2ccccc2O1. The molecule has 4 nitrogen and oxygen atoms in total. The molecule has 1 N–H and O–H groups in total. The lowest BCUT2D eigenvalue weighted by atomic mass is 9.80. The van der Waals surface area contributed by atoms with Crippen molar-refractivity contribution in [2.75, 3.05) is 19.8 Å². The number of hydrogen-bond donors (Lipinski definition) is 1. The van der Waals surface area contributed by atoms with Crippen LogP contribution in [0.25, 0.3) is 0 Å². The number of aliphatic hydroxyl groups is 1. The van der Waals surface area contributed by atoms with Crippen molar-refractivity contribution in [2.24, 2.45) is 5.92 Å². The minimum atomic E-state index is -0.432. The van der Waals surface area contributed by atoms with E-state index in [1.807, 2.05) is 18.2 Å². The molecule has 3 aliphatic heterocycles. The number of fused-ring (bicyclic) bond motifs is 1. The van der Waals surface area contributed by atoms with Gasteiger partial charge in [0, 0.05) is 26.1 Å². The van der Waals surface area contributed by atoms with E-state index >= 15 is 0 Å². The monoisotopic (exact) mass is 290 g/mol. The number of benzene rings is 1. The van der Waals surface area contributed by atoms with Crippen molar-refractivity contribution >= 4 is 0 Å². The van der Waals surface area contributed by atoms with Gasteiger partial charge in [-0.15, -0.1) is 0 Å². The van der Waals surface area contributed by atoms with Crippen LogP contribution in [0, 0.1) is 5.92 Å². The molecule has 4 atom stereocenters. The maximum absolute atomic E-state index is 10.8. The Hall–Kier alpha value is -1.10. The first kappa shape index (κ1) is 13.6. The highest BCUT2D eigenvalue weighted by Gasteiger charge is 2.45. The Morgan fingerprint density at radius 1 is 1.24 bits per heavy atom. The fourth-order valence-electron chi connectivity index (χ4n) is 3.92. The third-order valence-corrected chi connectivity index (χ3v) is 5.13. The van der Waals surface area contributed by atoms with E-state index in [0.717, 1.165) is 38.0 Å². The second-order valence-corrected chi connectivity index (χ2v) is 6.55. The number of ether oxygens (including phenoxy) is 3. The number of hydrogen-bond acceptors (Lipinski definition) is 4. The zero-order valence-corrected chi connectivity index (χ0v) is 12.2. The minimum absolute atomic E-state index is 0.120. The van der Waals surface area contributed by atoms with E-state index in [9.17, 15) is 5.11 Å². The third-order valence-electron chi connectivity index (χ3n) is 5.13. The Morgan fingerprint density at radius 3 is 2.95 bits per heavy atom. The fourth-order valence-corrected chi connectivity index (χ4v) is 3.92. The van der Waals surface area contributed by atoms with Gasteiger partial charge in [0.05, 0.1) is 18.3 Å². The zero-order valence-electron chi connectivity index (χ0n) is 12.2. The highest BCUT2D eigenvalue weighted by atomic mass is 16.6. The van der Waals surface area contributed by atoms with E-state index in [-0.39, 0.29) is 17.6 Å². The topological polar surface area (TPSA) is 47.9 Å². The van der Waals surface area contributed by atoms with Gasteiger partial charge in [0.25, 0.3) is 0 Å². The van der Waals surface area contributed by atoms with Crippen molar-refractivity contribution in [3.05, 3.63) is 29.8 Å². The standard InChI is InChI=1S/C17H22O4/c18-16(15-9-12-3-1-2-4-14(12)21-15)13-5-7-20-17(10-13)6-8-19-11-17/h1-4,13,15-16,18H,5-11H2. The van der Waals surface area contributed by atoms with Crippen molar-refractivity contribution in [1.29, 1.82) is 0 Å². The molecule has 0 aromatic heterocycles. The summed E-state index contributed by atoms with van der Waals surface area (Å²) in [5.41, 5.74) is 1.04. The van der Waals surface area contributed by atoms with Crippen LogP contribution in [0.2, 0.25) is 0 Å². The second kappa shape index (κ2) is 5.27. The molecule has 0 bridgehead atoms. The lowest BCUT2D eigenvalue weighted by molar-refractivity contribution is -0.127. The van der Waals surface area contributed by atoms with Gasteiger partial charge in [-0.25, -0.2) is 0 Å². The van der Waals surface area contributed by atoms with Gasteiger partial charge in [-0.3, -0.25) is 0 Å². The Kier molecular flexibility index (Phi) is 3.40. The lowest BCUT2D eigenvalue weighted by Crippen LogP contribution is -2.47. The maximum Gasteiger partial charge on any atom is 0.129 e. The van der Waals surface area contributed by atoms with Crippen LogP contribution in [0.1, 0.15) is 24.8 Å². The Bertz CT molecular complexity index is 484. The van der Waals surface area contributed by atoms with Crippen LogP contribution in [0.15, 0.2) is 24.3 Å². The molecule has 0 aliphatic carbocycles. The van der Waals surface area contributed by atoms with E-state index < -0.39 is 6.10 Å². The van der Waals surface area contributed by atoms with Crippen molar-refractivity contribution < 1.29 is 19.3 Å². The van der Waals surface area contributed by atoms with Crippen molar-refractivity contribution in [3.63, 3.8) is 0 Å². The van der Waals surface area contributed by atoms with Gasteiger partial charge >= 0.3 is 0 Å². The van der Waals surface area contributed by atoms with Crippen LogP contribution < -0.4 is 4.74 Å². The van der Waals surface area contributed by atoms with Gasteiger partial charge < -0.3 is 19.3 Å². The number of rotatable bonds is 2. The molecule has 0 radical (unpaired) electrons. The first-order chi connectivity index (χ1) is 10.3. The first-order valence-electron chi connectivity index (χ1n) is 7.90. The molecular weight excluding hydrogens is 268 g/mol. The van der Waals surface area contributed by atoms with Gasteiger partial charge in [0.15, 0.2) is 0 Å². The first-order valence-corrected chi connectivity index (χ1v) is 7.90. The predicted octanol–water partition coefficient (Wildman–Crippen LogP) is 1.94. The van der Waals surface area contributed by atoms with Crippen molar-refractivity contribution in [1.82, 2.24) is 0 Å². The van der Waals surface area contributed by atoms with Crippen LogP contribution >= 0.6 is 0 Å². The average Bonchev–Trinajstić information content (AvgIpc) is 3.13. The molecule has 2 saturated heterocycles. The highest BCUT2D eigenvalue weighted by Crippen LogP contribution is 2.39. The molecule has 2 fully saturated rings. The van der Waals surface area contributed by atoms with Gasteiger partial charge in [-0.2, -0.15) is 0 Å². The summed E-state index contributed by atoms with van der Waals surface area (Å²) in [5.74, 6) is 1.16. The molecule has 4 heteroatoms. The molecule has 3 heterocycles. The van der Waals surface area contributed by atoms with Gasteiger partial charge in [-0.05, 0) is 30.4 Å². The smallest absolute Gasteiger partial charge is 0.129 e. The van der Waals surface area contributed by atoms with E-state index in [4.69, 9.17) is 14.2 Å². The summed E-state index contributed by atoms with van der Waals surface area (Å²) in [4.78, 5) is 0. The average molecular weight is 290 g/mol. The van der Waals surface area contributed by atoms with Gasteiger partial charge in [0.2, 0.25) is 0 Å². The molecule has 114 valence electrons. The molecule has 21 heavy (non-hydrogen) atoms. The quantitative estimate of drug-likeness (QED) is 0.904. The van der Waals surface area contributed by atoms with E-state index in [0.29, 0.717) is 13.2 Å². The molecule has 4 unspecified atom stereocenters. The molecule has 3 aliphatic rings. The van der Waals surface area contributed by atoms with Crippen LogP contribution in [0.5, 0.6) is 5.75 Å². The van der Waals surface area contributed by atoms with Crippen LogP contribution in [0.3, 0.4) is 0 Å². The second-order valence-electron chi connectivity index (χ2n) is 6.55. The molecule has 1 spiro atoms. The van der Waals surface area contributed by atoms with Gasteiger partial charge in [0.1, 0.15) is 11.9 Å². The summed E-state index contributed by atoms with van der Waals surface area (Å²) in [6.07, 6.45) is 2.98. The third kappa shape index (κ3) is 2.45. The summed E-state index contributed by atoms with van der Waals surface area (Å²) in [6.45, 7) is 2.15. The van der Waals surface area contributed by atoms with Crippen LogP contribution in [-0.2, 0) is 15.9 Å². The largest absolute Gasteiger partial charge is 0.487 e. The minimum Gasteiger partial charge on any atom is -0.487 e. The number of aliphatic hydroxyl groups excluding tert-OH is 1. The van der Waals surface area contributed by atoms with Crippen molar-refractivity contribution in [3.8, 4) is 5.75 Å². The van der Waals surface area contributed by atoms with Crippen molar-refractivity contribution in [2.45, 2.75) is 43.5 Å². The maximum atomic E-state index is 10.8. The summed E-state index contributed by atoms with van der Waals surface area (Å²) < 4.78 is 17.4. The van der Waals surface area contributed by atoms with Crippen LogP contribution in [0.4, 0.5) is 0 Å². The normalized spacial score (nSPS) is 36.4. The Balaban J connectivity index is 1.45. The molecule has 1 aromatic rings. The summed E-state index contributed by atoms with van der Waals surface area (Å²) in [5, 5.41) is 10.8.